The van der Waals surface area contributed by atoms with Crippen LogP contribution in [0.5, 0.6) is 0 Å². The molecule has 2 aromatic rings. The number of halogens is 6. The number of hydrogen-bond donors (Lipinski definition) is 3. The number of likely N-dealkylation sites (tertiary alicyclic amines) is 1. The number of carboxylic acids is 2. The quantitative estimate of drug-likeness (QED) is 0.433. The third-order valence-electron chi connectivity index (χ3n) is 5.74. The number of carbonyl (C=O) groups is 3. The predicted molar refractivity (Wildman–Crippen MR) is 122 cm³/mol. The zero-order chi connectivity index (χ0) is 29.4. The first-order valence-electron chi connectivity index (χ1n) is 11.2. The van der Waals surface area contributed by atoms with Gasteiger partial charge < -0.3 is 20.3 Å². The highest BCUT2D eigenvalue weighted by Gasteiger charge is 2.52. The van der Waals surface area contributed by atoms with Crippen molar-refractivity contribution in [1.29, 1.82) is 0 Å². The van der Waals surface area contributed by atoms with Crippen molar-refractivity contribution in [3.05, 3.63) is 34.5 Å². The van der Waals surface area contributed by atoms with E-state index in [9.17, 15) is 31.1 Å². The molecule has 0 saturated carbocycles. The van der Waals surface area contributed by atoms with Crippen LogP contribution in [-0.2, 0) is 27.9 Å². The fourth-order valence-corrected chi connectivity index (χ4v) is 4.59. The number of aryl methyl sites for hydroxylation is 1. The number of hydrogen-bond acceptors (Lipinski definition) is 8. The molecule has 2 aliphatic rings. The highest BCUT2D eigenvalue weighted by Crippen LogP contribution is 2.42. The zero-order valence-corrected chi connectivity index (χ0v) is 21.1. The lowest BCUT2D eigenvalue weighted by Gasteiger charge is -2.50. The van der Waals surface area contributed by atoms with Gasteiger partial charge in [0.15, 0.2) is 0 Å². The van der Waals surface area contributed by atoms with E-state index in [1.54, 1.807) is 35.3 Å². The minimum Gasteiger partial charge on any atom is -0.475 e. The van der Waals surface area contributed by atoms with E-state index in [2.05, 4.69) is 20.3 Å². The number of nitrogens with one attached hydrogen (secondary N) is 1. The summed E-state index contributed by atoms with van der Waals surface area (Å²) in [5.74, 6) is -5.07. The standard InChI is InChI=1S/C17H23N5O2S.2C2HF3O2/c1-21-14(3-6-20-21)16(23)19-5-2-13-4-8-24-17(13)11-22(12-17)10-15-18-7-9-25-15;2*3-2(4,5)1(6)7/h3,6-7,9,13H,2,4-5,8,10-12H2,1H3,(H,19,23);2*(H,6,7). The van der Waals surface area contributed by atoms with Crippen molar-refractivity contribution in [1.82, 2.24) is 25.0 Å². The molecule has 218 valence electrons. The van der Waals surface area contributed by atoms with Crippen LogP contribution < -0.4 is 5.32 Å². The molecule has 2 aromatic heterocycles. The second-order valence-corrected chi connectivity index (χ2v) is 9.44. The van der Waals surface area contributed by atoms with Crippen molar-refractivity contribution in [3.63, 3.8) is 0 Å². The average molecular weight is 590 g/mol. The zero-order valence-electron chi connectivity index (χ0n) is 20.3. The van der Waals surface area contributed by atoms with Crippen LogP contribution in [0.1, 0.15) is 28.3 Å². The molecular formula is C21H25F6N5O6S. The molecule has 0 bridgehead atoms. The van der Waals surface area contributed by atoms with Gasteiger partial charge in [-0.2, -0.15) is 31.4 Å². The summed E-state index contributed by atoms with van der Waals surface area (Å²) in [7, 11) is 1.78. The van der Waals surface area contributed by atoms with Gasteiger partial charge in [-0.3, -0.25) is 14.4 Å². The molecule has 2 saturated heterocycles. The second-order valence-electron chi connectivity index (χ2n) is 8.46. The molecule has 1 amide bonds. The van der Waals surface area contributed by atoms with Gasteiger partial charge in [-0.1, -0.05) is 0 Å². The minimum absolute atomic E-state index is 0.0193. The highest BCUT2D eigenvalue weighted by molar-refractivity contribution is 7.09. The summed E-state index contributed by atoms with van der Waals surface area (Å²) in [5.41, 5.74) is 0.574. The molecule has 18 heteroatoms. The molecule has 3 N–H and O–H groups in total. The molecule has 1 spiro atoms. The van der Waals surface area contributed by atoms with Gasteiger partial charge in [0.1, 0.15) is 10.7 Å². The molecule has 4 rings (SSSR count). The Morgan fingerprint density at radius 1 is 1.13 bits per heavy atom. The summed E-state index contributed by atoms with van der Waals surface area (Å²) >= 11 is 1.70. The van der Waals surface area contributed by atoms with Crippen LogP contribution in [0.4, 0.5) is 26.3 Å². The smallest absolute Gasteiger partial charge is 0.475 e. The number of aromatic nitrogens is 3. The molecule has 2 aliphatic heterocycles. The van der Waals surface area contributed by atoms with Gasteiger partial charge in [0.2, 0.25) is 0 Å². The SMILES string of the molecule is Cn1nccc1C(=O)NCCC1CCOC12CN(Cc1nccs1)C2.O=C(O)C(F)(F)F.O=C(O)C(F)(F)F. The molecule has 0 aromatic carbocycles. The maximum Gasteiger partial charge on any atom is 0.490 e. The Morgan fingerprint density at radius 3 is 2.18 bits per heavy atom. The van der Waals surface area contributed by atoms with Crippen LogP contribution in [0, 0.1) is 5.92 Å². The molecule has 0 radical (unpaired) electrons. The molecule has 11 nitrogen and oxygen atoms in total. The summed E-state index contributed by atoms with van der Waals surface area (Å²) in [6.45, 7) is 4.34. The van der Waals surface area contributed by atoms with Crippen molar-refractivity contribution < 1.29 is 55.7 Å². The Hall–Kier alpha value is -3.25. The number of ether oxygens (including phenoxy) is 1. The highest BCUT2D eigenvalue weighted by atomic mass is 32.1. The van der Waals surface area contributed by atoms with Gasteiger partial charge in [0, 0.05) is 51.1 Å². The predicted octanol–water partition coefficient (Wildman–Crippen LogP) is 2.55. The van der Waals surface area contributed by atoms with E-state index in [1.807, 2.05) is 11.6 Å². The van der Waals surface area contributed by atoms with Crippen LogP contribution in [0.3, 0.4) is 0 Å². The Kier molecular flexibility index (Phi) is 10.8. The van der Waals surface area contributed by atoms with Crippen LogP contribution in [-0.4, -0.2) is 91.9 Å². The first-order valence-corrected chi connectivity index (χ1v) is 12.0. The van der Waals surface area contributed by atoms with E-state index in [4.69, 9.17) is 24.5 Å². The maximum atomic E-state index is 12.2. The number of amides is 1. The summed E-state index contributed by atoms with van der Waals surface area (Å²) in [5, 5.41) is 24.5. The van der Waals surface area contributed by atoms with E-state index >= 15 is 0 Å². The van der Waals surface area contributed by atoms with Gasteiger partial charge >= 0.3 is 24.3 Å². The van der Waals surface area contributed by atoms with Crippen LogP contribution in [0.25, 0.3) is 0 Å². The molecule has 39 heavy (non-hydrogen) atoms. The normalized spacial score (nSPS) is 18.3. The largest absolute Gasteiger partial charge is 0.490 e. The van der Waals surface area contributed by atoms with Crippen LogP contribution in [0.15, 0.2) is 23.8 Å². The van der Waals surface area contributed by atoms with Crippen molar-refractivity contribution >= 4 is 29.2 Å². The van der Waals surface area contributed by atoms with Crippen molar-refractivity contribution in [2.24, 2.45) is 13.0 Å². The Labute approximate surface area is 221 Å². The van der Waals surface area contributed by atoms with E-state index in [-0.39, 0.29) is 11.5 Å². The van der Waals surface area contributed by atoms with Gasteiger partial charge in [0.05, 0.1) is 12.1 Å². The number of nitrogens with zero attached hydrogens (tertiary/aromatic N) is 4. The first-order chi connectivity index (χ1) is 18.0. The third-order valence-corrected chi connectivity index (χ3v) is 6.51. The van der Waals surface area contributed by atoms with Crippen molar-refractivity contribution in [2.75, 3.05) is 26.2 Å². The lowest BCUT2D eigenvalue weighted by molar-refractivity contribution is -0.193. The van der Waals surface area contributed by atoms with Gasteiger partial charge in [0.25, 0.3) is 5.91 Å². The molecule has 2 fully saturated rings. The molecule has 1 unspecified atom stereocenters. The number of rotatable bonds is 6. The fraction of sp³-hybridized carbons (Fsp3) is 0.571. The molecular weight excluding hydrogens is 564 g/mol. The topological polar surface area (TPSA) is 147 Å². The minimum atomic E-state index is -5.08. The van der Waals surface area contributed by atoms with Gasteiger partial charge in [-0.25, -0.2) is 14.6 Å². The monoisotopic (exact) mass is 589 g/mol. The maximum absolute atomic E-state index is 12.2. The van der Waals surface area contributed by atoms with E-state index in [0.717, 1.165) is 44.1 Å². The number of aliphatic carboxylic acids is 2. The van der Waals surface area contributed by atoms with Gasteiger partial charge in [-0.15, -0.1) is 11.3 Å². The lowest BCUT2D eigenvalue weighted by Crippen LogP contribution is -2.64. The average Bonchev–Trinajstić information content (AvgIpc) is 3.55. The molecule has 4 heterocycles. The van der Waals surface area contributed by atoms with Crippen molar-refractivity contribution in [3.8, 4) is 0 Å². The number of alkyl halides is 6. The van der Waals surface area contributed by atoms with Gasteiger partial charge in [-0.05, 0) is 24.8 Å². The van der Waals surface area contributed by atoms with E-state index in [1.165, 1.54) is 0 Å². The van der Waals surface area contributed by atoms with Crippen molar-refractivity contribution in [2.45, 2.75) is 37.3 Å². The summed E-state index contributed by atoms with van der Waals surface area (Å²) < 4.78 is 71.2. The summed E-state index contributed by atoms with van der Waals surface area (Å²) in [6.07, 6.45) is -4.64. The fourth-order valence-electron chi connectivity index (χ4n) is 3.93. The Morgan fingerprint density at radius 2 is 1.72 bits per heavy atom. The number of carboxylic acid groups (broad SMARTS) is 2. The summed E-state index contributed by atoms with van der Waals surface area (Å²) in [6, 6.07) is 1.73. The third kappa shape index (κ3) is 9.47. The Balaban J connectivity index is 0.000000317. The lowest BCUT2D eigenvalue weighted by atomic mass is 9.79. The second kappa shape index (κ2) is 13.2. The number of carbonyl (C=O) groups excluding carboxylic acids is 1. The van der Waals surface area contributed by atoms with Crippen LogP contribution >= 0.6 is 11.3 Å². The molecule has 1 atom stereocenters. The molecule has 0 aliphatic carbocycles. The van der Waals surface area contributed by atoms with E-state index in [0.29, 0.717) is 18.2 Å². The van der Waals surface area contributed by atoms with E-state index < -0.39 is 24.3 Å². The van der Waals surface area contributed by atoms with Crippen LogP contribution in [0.2, 0.25) is 0 Å². The summed E-state index contributed by atoms with van der Waals surface area (Å²) in [4.78, 5) is 36.7. The Bertz CT molecular complexity index is 1080. The number of thiazole rings is 1. The first kappa shape index (κ1) is 32.0.